The van der Waals surface area contributed by atoms with E-state index in [0.29, 0.717) is 15.6 Å². The summed E-state index contributed by atoms with van der Waals surface area (Å²) in [4.78, 5) is 3.16. The van der Waals surface area contributed by atoms with Crippen molar-refractivity contribution in [2.24, 2.45) is 0 Å². The lowest BCUT2D eigenvalue weighted by Gasteiger charge is -1.94. The summed E-state index contributed by atoms with van der Waals surface area (Å²) in [7, 11) is 0. The molecular weight excluding hydrogens is 206 g/mol. The molecule has 0 aliphatic heterocycles. The number of H-pyrrole nitrogens is 1. The van der Waals surface area contributed by atoms with Crippen LogP contribution in [0.4, 0.5) is 0 Å². The monoisotopic (exact) mass is 211 g/mol. The van der Waals surface area contributed by atoms with Gasteiger partial charge in [0.1, 0.15) is 0 Å². The van der Waals surface area contributed by atoms with Crippen LogP contribution in [0.2, 0.25) is 5.02 Å². The van der Waals surface area contributed by atoms with Gasteiger partial charge in [-0.05, 0) is 24.4 Å². The summed E-state index contributed by atoms with van der Waals surface area (Å²) in [5, 5.41) is 0.680. The quantitative estimate of drug-likeness (QED) is 0.730. The van der Waals surface area contributed by atoms with E-state index in [0.717, 1.165) is 5.56 Å². The van der Waals surface area contributed by atoms with Crippen molar-refractivity contribution >= 4 is 23.8 Å². The van der Waals surface area contributed by atoms with Crippen molar-refractivity contribution in [2.45, 2.75) is 0 Å². The van der Waals surface area contributed by atoms with E-state index in [9.17, 15) is 0 Å². The molecule has 1 N–H and O–H groups in total. The van der Waals surface area contributed by atoms with Crippen LogP contribution in [0.1, 0.15) is 0 Å². The minimum Gasteiger partial charge on any atom is -0.429 e. The molecule has 0 bridgehead atoms. The lowest BCUT2D eigenvalue weighted by Crippen LogP contribution is -1.72. The van der Waals surface area contributed by atoms with Crippen LogP contribution in [-0.4, -0.2) is 4.98 Å². The average Bonchev–Trinajstić information content (AvgIpc) is 2.52. The Kier molecular flexibility index (Phi) is 2.20. The molecule has 2 nitrogen and oxygen atoms in total. The third kappa shape index (κ3) is 1.82. The van der Waals surface area contributed by atoms with Crippen molar-refractivity contribution in [3.63, 3.8) is 0 Å². The van der Waals surface area contributed by atoms with Crippen LogP contribution in [-0.2, 0) is 0 Å². The van der Waals surface area contributed by atoms with E-state index >= 15 is 0 Å². The fourth-order valence-electron chi connectivity index (χ4n) is 1.07. The molecule has 0 saturated heterocycles. The van der Waals surface area contributed by atoms with Crippen molar-refractivity contribution in [3.05, 3.63) is 40.3 Å². The van der Waals surface area contributed by atoms with Crippen LogP contribution < -0.4 is 0 Å². The first-order chi connectivity index (χ1) is 6.25. The first kappa shape index (κ1) is 8.53. The van der Waals surface area contributed by atoms with Gasteiger partial charge in [0.25, 0.3) is 4.84 Å². The van der Waals surface area contributed by atoms with Crippen molar-refractivity contribution < 1.29 is 4.42 Å². The zero-order valence-corrected chi connectivity index (χ0v) is 8.15. The number of aromatic nitrogens is 1. The topological polar surface area (TPSA) is 28.9 Å². The Balaban J connectivity index is 2.52. The molecule has 1 heterocycles. The van der Waals surface area contributed by atoms with E-state index in [1.165, 1.54) is 0 Å². The van der Waals surface area contributed by atoms with Gasteiger partial charge in [-0.3, -0.25) is 0 Å². The van der Waals surface area contributed by atoms with Crippen molar-refractivity contribution in [1.82, 2.24) is 4.98 Å². The van der Waals surface area contributed by atoms with Crippen LogP contribution in [0.15, 0.2) is 34.9 Å². The van der Waals surface area contributed by atoms with Gasteiger partial charge < -0.3 is 9.40 Å². The number of hydrogen-bond acceptors (Lipinski definition) is 2. The van der Waals surface area contributed by atoms with Gasteiger partial charge in [0.2, 0.25) is 0 Å². The van der Waals surface area contributed by atoms with Crippen LogP contribution in [0, 0.1) is 4.84 Å². The molecule has 0 amide bonds. The fourth-order valence-corrected chi connectivity index (χ4v) is 1.41. The van der Waals surface area contributed by atoms with Gasteiger partial charge in [0.05, 0.1) is 0 Å². The van der Waals surface area contributed by atoms with Gasteiger partial charge in [0, 0.05) is 16.8 Å². The van der Waals surface area contributed by atoms with Crippen molar-refractivity contribution in [2.75, 3.05) is 0 Å². The van der Waals surface area contributed by atoms with Gasteiger partial charge in [-0.15, -0.1) is 0 Å². The summed E-state index contributed by atoms with van der Waals surface area (Å²) in [6, 6.07) is 7.41. The van der Waals surface area contributed by atoms with Gasteiger partial charge in [-0.25, -0.2) is 0 Å². The minimum atomic E-state index is 0.370. The zero-order chi connectivity index (χ0) is 9.26. The van der Waals surface area contributed by atoms with Crippen LogP contribution >= 0.6 is 23.8 Å². The average molecular weight is 212 g/mol. The molecule has 2 aromatic rings. The molecule has 1 aromatic carbocycles. The molecule has 0 saturated carbocycles. The molecule has 0 radical (unpaired) electrons. The third-order valence-corrected chi connectivity index (χ3v) is 2.07. The largest absolute Gasteiger partial charge is 0.429 e. The van der Waals surface area contributed by atoms with E-state index in [2.05, 4.69) is 4.98 Å². The Morgan fingerprint density at radius 2 is 2.23 bits per heavy atom. The van der Waals surface area contributed by atoms with E-state index in [1.807, 2.05) is 24.3 Å². The second kappa shape index (κ2) is 3.36. The van der Waals surface area contributed by atoms with Crippen LogP contribution in [0.3, 0.4) is 0 Å². The molecule has 13 heavy (non-hydrogen) atoms. The molecule has 66 valence electrons. The highest BCUT2D eigenvalue weighted by molar-refractivity contribution is 7.71. The van der Waals surface area contributed by atoms with E-state index in [-0.39, 0.29) is 0 Å². The molecule has 0 spiro atoms. The molecule has 0 unspecified atom stereocenters. The summed E-state index contributed by atoms with van der Waals surface area (Å²) >= 11 is 10.6. The molecule has 0 atom stereocenters. The SMILES string of the molecule is S=c1[nH]cc(-c2cccc(Cl)c2)o1. The molecule has 0 aliphatic carbocycles. The number of benzene rings is 1. The van der Waals surface area contributed by atoms with Gasteiger partial charge in [0.15, 0.2) is 5.76 Å². The number of hydrogen-bond donors (Lipinski definition) is 1. The summed E-state index contributed by atoms with van der Waals surface area (Å²) in [5.41, 5.74) is 0.917. The maximum atomic E-state index is 5.82. The highest BCUT2D eigenvalue weighted by atomic mass is 35.5. The summed E-state index contributed by atoms with van der Waals surface area (Å²) < 4.78 is 5.23. The predicted molar refractivity (Wildman–Crippen MR) is 54.3 cm³/mol. The molecule has 1 aromatic heterocycles. The second-order valence-electron chi connectivity index (χ2n) is 2.55. The Labute approximate surface area is 85.2 Å². The van der Waals surface area contributed by atoms with Gasteiger partial charge in [-0.2, -0.15) is 0 Å². The lowest BCUT2D eigenvalue weighted by molar-refractivity contribution is 0.554. The predicted octanol–water partition coefficient (Wildman–Crippen LogP) is 3.66. The first-order valence-corrected chi connectivity index (χ1v) is 4.49. The highest BCUT2D eigenvalue weighted by Crippen LogP contribution is 2.22. The van der Waals surface area contributed by atoms with Crippen molar-refractivity contribution in [3.8, 4) is 11.3 Å². The number of oxazole rings is 1. The Morgan fingerprint density at radius 1 is 1.38 bits per heavy atom. The zero-order valence-electron chi connectivity index (χ0n) is 6.58. The summed E-state index contributed by atoms with van der Waals surface area (Å²) in [5.74, 6) is 0.701. The number of nitrogens with one attached hydrogen (secondary N) is 1. The van der Waals surface area contributed by atoms with Gasteiger partial charge in [-0.1, -0.05) is 23.7 Å². The second-order valence-corrected chi connectivity index (χ2v) is 3.36. The highest BCUT2D eigenvalue weighted by Gasteiger charge is 2.01. The molecule has 4 heteroatoms. The molecule has 0 fully saturated rings. The van der Waals surface area contributed by atoms with Crippen LogP contribution in [0.25, 0.3) is 11.3 Å². The Bertz CT molecular complexity index is 474. The molecular formula is C9H6ClNOS. The van der Waals surface area contributed by atoms with Crippen LogP contribution in [0.5, 0.6) is 0 Å². The lowest BCUT2D eigenvalue weighted by atomic mass is 10.2. The van der Waals surface area contributed by atoms with Gasteiger partial charge >= 0.3 is 0 Å². The Morgan fingerprint density at radius 3 is 2.85 bits per heavy atom. The van der Waals surface area contributed by atoms with E-state index < -0.39 is 0 Å². The third-order valence-electron chi connectivity index (χ3n) is 1.63. The standard InChI is InChI=1S/C9H6ClNOS/c10-7-3-1-2-6(4-7)8-5-11-9(13)12-8/h1-5H,(H,11,13). The van der Waals surface area contributed by atoms with E-state index in [1.54, 1.807) is 6.20 Å². The maximum Gasteiger partial charge on any atom is 0.266 e. The molecule has 0 aliphatic rings. The fraction of sp³-hybridized carbons (Fsp3) is 0. The maximum absolute atomic E-state index is 5.82. The number of halogens is 1. The molecule has 2 rings (SSSR count). The first-order valence-electron chi connectivity index (χ1n) is 3.70. The normalized spacial score (nSPS) is 10.2. The minimum absolute atomic E-state index is 0.370. The smallest absolute Gasteiger partial charge is 0.266 e. The summed E-state index contributed by atoms with van der Waals surface area (Å²) in [6.07, 6.45) is 1.72. The van der Waals surface area contributed by atoms with Crippen molar-refractivity contribution in [1.29, 1.82) is 0 Å². The summed E-state index contributed by atoms with van der Waals surface area (Å²) in [6.45, 7) is 0. The van der Waals surface area contributed by atoms with E-state index in [4.69, 9.17) is 28.2 Å². The number of rotatable bonds is 1. The number of aromatic amines is 1. The Hall–Kier alpha value is -1.06.